The van der Waals surface area contributed by atoms with Crippen molar-refractivity contribution in [1.82, 2.24) is 14.5 Å². The number of carbonyl (C=O) groups excluding carboxylic acids is 2. The SMILES string of the molecule is C/N=c1/cc(N2CCOc3cc(C(=O)N4CCCCC4)cnc32)ccn1C(=O)C(C)CCOC. The lowest BCUT2D eigenvalue weighted by Gasteiger charge is -2.31. The van der Waals surface area contributed by atoms with Gasteiger partial charge in [-0.05, 0) is 37.8 Å². The highest BCUT2D eigenvalue weighted by Crippen LogP contribution is 2.35. The van der Waals surface area contributed by atoms with Gasteiger partial charge in [-0.3, -0.25) is 19.1 Å². The van der Waals surface area contributed by atoms with E-state index in [4.69, 9.17) is 9.47 Å². The lowest BCUT2D eigenvalue weighted by molar-refractivity contribution is 0.0722. The first-order chi connectivity index (χ1) is 16.5. The van der Waals surface area contributed by atoms with E-state index in [1.165, 1.54) is 6.42 Å². The number of nitrogens with zero attached hydrogens (tertiary/aromatic N) is 5. The number of hydrogen-bond donors (Lipinski definition) is 0. The van der Waals surface area contributed by atoms with Crippen LogP contribution in [0, 0.1) is 5.92 Å². The zero-order chi connectivity index (χ0) is 24.1. The first-order valence-electron chi connectivity index (χ1n) is 11.9. The Balaban J connectivity index is 1.59. The Bertz CT molecular complexity index is 1110. The molecule has 0 aromatic carbocycles. The van der Waals surface area contributed by atoms with E-state index in [0.29, 0.717) is 48.8 Å². The summed E-state index contributed by atoms with van der Waals surface area (Å²) < 4.78 is 12.6. The molecule has 2 aliphatic heterocycles. The lowest BCUT2D eigenvalue weighted by Crippen LogP contribution is -2.36. The van der Waals surface area contributed by atoms with Crippen LogP contribution in [0.2, 0.25) is 0 Å². The van der Waals surface area contributed by atoms with E-state index in [1.54, 1.807) is 37.2 Å². The molecule has 0 aliphatic carbocycles. The van der Waals surface area contributed by atoms with Crippen molar-refractivity contribution in [3.05, 3.63) is 41.6 Å². The normalized spacial score (nSPS) is 17.2. The van der Waals surface area contributed by atoms with Gasteiger partial charge in [0.1, 0.15) is 12.1 Å². The number of amides is 1. The molecule has 34 heavy (non-hydrogen) atoms. The molecule has 0 bridgehead atoms. The summed E-state index contributed by atoms with van der Waals surface area (Å²) in [5, 5.41) is 0. The predicted molar refractivity (Wildman–Crippen MR) is 129 cm³/mol. The molecule has 182 valence electrons. The van der Waals surface area contributed by atoms with Crippen molar-refractivity contribution in [2.75, 3.05) is 51.9 Å². The zero-order valence-corrected chi connectivity index (χ0v) is 20.2. The minimum Gasteiger partial charge on any atom is -0.488 e. The number of rotatable bonds is 6. The second-order valence-electron chi connectivity index (χ2n) is 8.76. The smallest absolute Gasteiger partial charge is 0.255 e. The van der Waals surface area contributed by atoms with Gasteiger partial charge in [0.2, 0.25) is 5.91 Å². The number of fused-ring (bicyclic) bond motifs is 1. The number of hydrogen-bond acceptors (Lipinski definition) is 7. The molecular weight excluding hydrogens is 434 g/mol. The fourth-order valence-electron chi connectivity index (χ4n) is 4.41. The van der Waals surface area contributed by atoms with Crippen LogP contribution in [-0.2, 0) is 4.74 Å². The average Bonchev–Trinajstić information content (AvgIpc) is 2.90. The quantitative estimate of drug-likeness (QED) is 0.649. The predicted octanol–water partition coefficient (Wildman–Crippen LogP) is 2.88. The van der Waals surface area contributed by atoms with Crippen LogP contribution < -0.4 is 15.1 Å². The molecule has 1 amide bonds. The van der Waals surface area contributed by atoms with E-state index in [0.717, 1.165) is 31.6 Å². The fourth-order valence-corrected chi connectivity index (χ4v) is 4.41. The van der Waals surface area contributed by atoms with E-state index in [2.05, 4.69) is 9.98 Å². The van der Waals surface area contributed by atoms with E-state index in [1.807, 2.05) is 28.9 Å². The standard InChI is InChI=1S/C25H33N5O4/c1-18(8-13-33-3)24(31)30-11-7-20(16-22(30)26-2)29-12-14-34-21-15-19(17-27-23(21)29)25(32)28-9-5-4-6-10-28/h7,11,15-18H,4-6,8-10,12-14H2,1-3H3/b26-22-. The van der Waals surface area contributed by atoms with Gasteiger partial charge in [-0.2, -0.15) is 0 Å². The molecule has 2 aromatic rings. The molecule has 1 fully saturated rings. The van der Waals surface area contributed by atoms with Gasteiger partial charge in [0.05, 0.1) is 12.1 Å². The van der Waals surface area contributed by atoms with Crippen LogP contribution in [0.3, 0.4) is 0 Å². The molecule has 1 unspecified atom stereocenters. The van der Waals surface area contributed by atoms with Crippen LogP contribution in [0.15, 0.2) is 35.6 Å². The molecule has 0 radical (unpaired) electrons. The number of methoxy groups -OCH3 is 1. The molecule has 1 atom stereocenters. The summed E-state index contributed by atoms with van der Waals surface area (Å²) in [6, 6.07) is 5.56. The third-order valence-electron chi connectivity index (χ3n) is 6.42. The van der Waals surface area contributed by atoms with E-state index in [-0.39, 0.29) is 17.7 Å². The summed E-state index contributed by atoms with van der Waals surface area (Å²) in [4.78, 5) is 38.7. The molecule has 9 nitrogen and oxygen atoms in total. The van der Waals surface area contributed by atoms with Crippen LogP contribution in [0.4, 0.5) is 11.5 Å². The van der Waals surface area contributed by atoms with Gasteiger partial charge in [-0.15, -0.1) is 0 Å². The van der Waals surface area contributed by atoms with Crippen molar-refractivity contribution in [2.24, 2.45) is 10.9 Å². The highest BCUT2D eigenvalue weighted by Gasteiger charge is 2.25. The van der Waals surface area contributed by atoms with Crippen molar-refractivity contribution in [1.29, 1.82) is 0 Å². The summed E-state index contributed by atoms with van der Waals surface area (Å²) in [6.07, 6.45) is 7.29. The van der Waals surface area contributed by atoms with Gasteiger partial charge in [-0.25, -0.2) is 4.98 Å². The van der Waals surface area contributed by atoms with Crippen LogP contribution in [-0.4, -0.2) is 73.3 Å². The number of piperidine rings is 1. The molecule has 0 spiro atoms. The molecule has 2 aliphatic rings. The Morgan fingerprint density at radius 1 is 1.21 bits per heavy atom. The topological polar surface area (TPSA) is 89.3 Å². The fraction of sp³-hybridized carbons (Fsp3) is 0.520. The highest BCUT2D eigenvalue weighted by molar-refractivity contribution is 5.95. The summed E-state index contributed by atoms with van der Waals surface area (Å²) in [6.45, 7) is 5.08. The van der Waals surface area contributed by atoms with Gasteiger partial charge < -0.3 is 19.3 Å². The third-order valence-corrected chi connectivity index (χ3v) is 6.42. The zero-order valence-electron chi connectivity index (χ0n) is 20.2. The number of pyridine rings is 2. The Labute approximate surface area is 200 Å². The van der Waals surface area contributed by atoms with Crippen molar-refractivity contribution in [3.8, 4) is 5.75 Å². The van der Waals surface area contributed by atoms with Gasteiger partial charge in [-0.1, -0.05) is 6.92 Å². The van der Waals surface area contributed by atoms with E-state index in [9.17, 15) is 9.59 Å². The van der Waals surface area contributed by atoms with Crippen molar-refractivity contribution >= 4 is 23.3 Å². The van der Waals surface area contributed by atoms with Crippen molar-refractivity contribution in [2.45, 2.75) is 32.6 Å². The number of aromatic nitrogens is 2. The lowest BCUT2D eigenvalue weighted by atomic mass is 10.1. The van der Waals surface area contributed by atoms with Crippen molar-refractivity contribution < 1.29 is 19.1 Å². The molecule has 9 heteroatoms. The molecule has 0 saturated carbocycles. The first kappa shape index (κ1) is 23.9. The number of anilines is 2. The Morgan fingerprint density at radius 2 is 2.00 bits per heavy atom. The second kappa shape index (κ2) is 10.8. The maximum atomic E-state index is 12.9. The Hall–Kier alpha value is -3.20. The molecule has 1 saturated heterocycles. The third kappa shape index (κ3) is 4.99. The van der Waals surface area contributed by atoms with Gasteiger partial charge in [0.25, 0.3) is 5.91 Å². The summed E-state index contributed by atoms with van der Waals surface area (Å²) >= 11 is 0. The van der Waals surface area contributed by atoms with Gasteiger partial charge in [0, 0.05) is 63.9 Å². The number of carbonyl (C=O) groups is 2. The van der Waals surface area contributed by atoms with Crippen LogP contribution in [0.1, 0.15) is 47.8 Å². The van der Waals surface area contributed by atoms with E-state index >= 15 is 0 Å². The molecule has 4 rings (SSSR count). The first-order valence-corrected chi connectivity index (χ1v) is 11.9. The minimum absolute atomic E-state index is 0.00431. The summed E-state index contributed by atoms with van der Waals surface area (Å²) in [5.41, 5.74) is 1.98. The average molecular weight is 468 g/mol. The molecule has 0 N–H and O–H groups in total. The van der Waals surface area contributed by atoms with Crippen LogP contribution in [0.25, 0.3) is 0 Å². The van der Waals surface area contributed by atoms with Gasteiger partial charge >= 0.3 is 0 Å². The number of ether oxygens (including phenoxy) is 2. The minimum atomic E-state index is -0.182. The summed E-state index contributed by atoms with van der Waals surface area (Å²) in [5.74, 6) is 1.04. The number of likely N-dealkylation sites (tertiary alicyclic amines) is 1. The highest BCUT2D eigenvalue weighted by atomic mass is 16.5. The van der Waals surface area contributed by atoms with Gasteiger partial charge in [0.15, 0.2) is 11.6 Å². The largest absolute Gasteiger partial charge is 0.488 e. The Kier molecular flexibility index (Phi) is 7.62. The van der Waals surface area contributed by atoms with Crippen LogP contribution >= 0.6 is 0 Å². The molecule has 2 aromatic heterocycles. The maximum absolute atomic E-state index is 12.9. The summed E-state index contributed by atoms with van der Waals surface area (Å²) in [7, 11) is 3.30. The molecular formula is C25H33N5O4. The maximum Gasteiger partial charge on any atom is 0.255 e. The monoisotopic (exact) mass is 467 g/mol. The molecule has 4 heterocycles. The van der Waals surface area contributed by atoms with Crippen LogP contribution in [0.5, 0.6) is 5.75 Å². The second-order valence-corrected chi connectivity index (χ2v) is 8.76. The Morgan fingerprint density at radius 3 is 2.74 bits per heavy atom. The van der Waals surface area contributed by atoms with Crippen molar-refractivity contribution in [3.63, 3.8) is 0 Å². The van der Waals surface area contributed by atoms with E-state index < -0.39 is 0 Å².